The minimum absolute atomic E-state index is 0.207. The third-order valence-corrected chi connectivity index (χ3v) is 7.80. The number of fused-ring (bicyclic) bond motifs is 1. The summed E-state index contributed by atoms with van der Waals surface area (Å²) in [7, 11) is 0. The Morgan fingerprint density at radius 2 is 1.82 bits per heavy atom. The van der Waals surface area contributed by atoms with E-state index in [0.29, 0.717) is 19.1 Å². The number of nitrogens with zero attached hydrogens (tertiary/aromatic N) is 6. The molecule has 40 heavy (non-hydrogen) atoms. The first-order valence-corrected chi connectivity index (χ1v) is 14.3. The number of rotatable bonds is 6. The summed E-state index contributed by atoms with van der Waals surface area (Å²) in [5, 5.41) is 4.81. The molecule has 9 nitrogen and oxygen atoms in total. The number of aromatic nitrogens is 5. The molecule has 2 aliphatic rings. The first-order chi connectivity index (χ1) is 19.2. The lowest BCUT2D eigenvalue weighted by Crippen LogP contribution is -2.42. The first kappa shape index (κ1) is 26.3. The average Bonchev–Trinajstić information content (AvgIpc) is 3.57. The molecule has 0 bridgehead atoms. The molecule has 0 spiro atoms. The zero-order valence-electron chi connectivity index (χ0n) is 24.0. The molecule has 1 aromatic carbocycles. The third-order valence-electron chi connectivity index (χ3n) is 7.80. The van der Waals surface area contributed by atoms with Gasteiger partial charge in [0, 0.05) is 36.6 Å². The van der Waals surface area contributed by atoms with Crippen LogP contribution in [-0.2, 0) is 4.74 Å². The average molecular weight is 543 g/mol. The van der Waals surface area contributed by atoms with Gasteiger partial charge in [-0.1, -0.05) is 6.07 Å². The van der Waals surface area contributed by atoms with Crippen molar-refractivity contribution in [3.05, 3.63) is 60.4 Å². The molecule has 1 aliphatic carbocycles. The molecule has 1 aliphatic heterocycles. The van der Waals surface area contributed by atoms with E-state index < -0.39 is 5.60 Å². The molecule has 1 atom stereocenters. The SMILES string of the molecule is Cc1c(-c2cc(O[C@H](C)c3ccccn3)c3c(c2)ncn3C2CC2)cnn1C1CCN(C(=O)OC(C)(C)C)CC1. The van der Waals surface area contributed by atoms with Gasteiger partial charge in [-0.2, -0.15) is 5.10 Å². The fourth-order valence-electron chi connectivity index (χ4n) is 5.57. The van der Waals surface area contributed by atoms with E-state index in [9.17, 15) is 4.79 Å². The lowest BCUT2D eigenvalue weighted by atomic mass is 10.0. The van der Waals surface area contributed by atoms with Gasteiger partial charge in [-0.25, -0.2) is 9.78 Å². The van der Waals surface area contributed by atoms with Crippen molar-refractivity contribution in [3.63, 3.8) is 0 Å². The van der Waals surface area contributed by atoms with Gasteiger partial charge in [-0.05, 0) is 90.1 Å². The molecule has 210 valence electrons. The number of piperidine rings is 1. The van der Waals surface area contributed by atoms with Gasteiger partial charge in [0.05, 0.1) is 29.8 Å². The van der Waals surface area contributed by atoms with Gasteiger partial charge < -0.3 is 18.9 Å². The Kier molecular flexibility index (Phi) is 6.76. The van der Waals surface area contributed by atoms with E-state index in [4.69, 9.17) is 19.6 Å². The number of hydrogen-bond acceptors (Lipinski definition) is 6. The monoisotopic (exact) mass is 542 g/mol. The van der Waals surface area contributed by atoms with Gasteiger partial charge in [-0.3, -0.25) is 9.67 Å². The molecule has 6 rings (SSSR count). The van der Waals surface area contributed by atoms with E-state index >= 15 is 0 Å². The lowest BCUT2D eigenvalue weighted by molar-refractivity contribution is 0.0184. The highest BCUT2D eigenvalue weighted by molar-refractivity contribution is 5.88. The summed E-state index contributed by atoms with van der Waals surface area (Å²) in [6.07, 6.45) is 9.24. The van der Waals surface area contributed by atoms with Gasteiger partial charge in [0.1, 0.15) is 23.0 Å². The second kappa shape index (κ2) is 10.3. The molecule has 1 saturated carbocycles. The van der Waals surface area contributed by atoms with Gasteiger partial charge in [0.25, 0.3) is 0 Å². The van der Waals surface area contributed by atoms with Crippen LogP contribution in [0.25, 0.3) is 22.2 Å². The topological polar surface area (TPSA) is 87.3 Å². The van der Waals surface area contributed by atoms with Gasteiger partial charge in [0.15, 0.2) is 0 Å². The number of amides is 1. The van der Waals surface area contributed by atoms with E-state index in [-0.39, 0.29) is 18.2 Å². The molecule has 0 N–H and O–H groups in total. The number of imidazole rings is 1. The number of carbonyl (C=O) groups excluding carboxylic acids is 1. The van der Waals surface area contributed by atoms with Crippen molar-refractivity contribution in [3.8, 4) is 16.9 Å². The Hall–Kier alpha value is -3.88. The minimum atomic E-state index is -0.491. The number of benzene rings is 1. The number of ether oxygens (including phenoxy) is 2. The van der Waals surface area contributed by atoms with Crippen LogP contribution in [0, 0.1) is 6.92 Å². The normalized spacial score (nSPS) is 17.3. The molecule has 2 fully saturated rings. The smallest absolute Gasteiger partial charge is 0.410 e. The minimum Gasteiger partial charge on any atom is -0.482 e. The maximum Gasteiger partial charge on any atom is 0.410 e. The highest BCUT2D eigenvalue weighted by atomic mass is 16.6. The lowest BCUT2D eigenvalue weighted by Gasteiger charge is -2.33. The first-order valence-electron chi connectivity index (χ1n) is 14.3. The summed E-state index contributed by atoms with van der Waals surface area (Å²) in [5.41, 5.74) is 5.55. The predicted octanol–water partition coefficient (Wildman–Crippen LogP) is 6.65. The Morgan fingerprint density at radius 3 is 2.50 bits per heavy atom. The van der Waals surface area contributed by atoms with Crippen molar-refractivity contribution in [2.24, 2.45) is 0 Å². The summed E-state index contributed by atoms with van der Waals surface area (Å²) >= 11 is 0. The van der Waals surface area contributed by atoms with E-state index in [0.717, 1.165) is 52.1 Å². The summed E-state index contributed by atoms with van der Waals surface area (Å²) in [4.78, 5) is 23.6. The maximum atomic E-state index is 12.5. The maximum absolute atomic E-state index is 12.5. The Bertz CT molecular complexity index is 1510. The van der Waals surface area contributed by atoms with E-state index in [1.165, 1.54) is 12.8 Å². The van der Waals surface area contributed by atoms with Crippen molar-refractivity contribution in [2.75, 3.05) is 13.1 Å². The van der Waals surface area contributed by atoms with Crippen LogP contribution in [0.1, 0.15) is 83.0 Å². The zero-order chi connectivity index (χ0) is 28.0. The Balaban J connectivity index is 1.27. The van der Waals surface area contributed by atoms with Crippen molar-refractivity contribution in [1.29, 1.82) is 0 Å². The fraction of sp³-hybridized carbons (Fsp3) is 0.484. The summed E-state index contributed by atoms with van der Waals surface area (Å²) in [6.45, 7) is 11.2. The molecule has 1 saturated heterocycles. The standard InChI is InChI=1S/C31H38N6O3/c1-20-25(18-34-37(20)24-11-14-35(15-12-24)30(38)40-31(3,4)5)22-16-27-29(36(19-33-27)23-9-10-23)28(17-22)39-21(2)26-8-6-7-13-32-26/h6-8,13,16-19,21,23-24H,9-12,14-15H2,1-5H3/t21-/m1/s1. The second-order valence-corrected chi connectivity index (χ2v) is 12.0. The highest BCUT2D eigenvalue weighted by Gasteiger charge is 2.30. The number of likely N-dealkylation sites (tertiary alicyclic amines) is 1. The van der Waals surface area contributed by atoms with Gasteiger partial charge >= 0.3 is 6.09 Å². The third kappa shape index (κ3) is 5.29. The molecule has 4 aromatic rings. The van der Waals surface area contributed by atoms with Crippen molar-refractivity contribution < 1.29 is 14.3 Å². The molecule has 3 aromatic heterocycles. The van der Waals surface area contributed by atoms with Crippen LogP contribution in [0.2, 0.25) is 0 Å². The molecular formula is C31H38N6O3. The number of pyridine rings is 1. The summed E-state index contributed by atoms with van der Waals surface area (Å²) < 4.78 is 16.5. The van der Waals surface area contributed by atoms with Crippen LogP contribution in [-0.4, -0.2) is 54.0 Å². The van der Waals surface area contributed by atoms with Crippen LogP contribution in [0.3, 0.4) is 0 Å². The van der Waals surface area contributed by atoms with E-state index in [2.05, 4.69) is 33.3 Å². The molecule has 0 unspecified atom stereocenters. The largest absolute Gasteiger partial charge is 0.482 e. The molecule has 0 radical (unpaired) electrons. The number of hydrogen-bond donors (Lipinski definition) is 0. The van der Waals surface area contributed by atoms with Crippen LogP contribution in [0.4, 0.5) is 4.79 Å². The Morgan fingerprint density at radius 1 is 1.05 bits per heavy atom. The second-order valence-electron chi connectivity index (χ2n) is 12.0. The van der Waals surface area contributed by atoms with E-state index in [1.54, 1.807) is 11.1 Å². The summed E-state index contributed by atoms with van der Waals surface area (Å²) in [6, 6.07) is 10.9. The van der Waals surface area contributed by atoms with Crippen LogP contribution < -0.4 is 4.74 Å². The van der Waals surface area contributed by atoms with Crippen LogP contribution in [0.15, 0.2) is 49.1 Å². The quantitative estimate of drug-likeness (QED) is 0.271. The highest BCUT2D eigenvalue weighted by Crippen LogP contribution is 2.42. The summed E-state index contributed by atoms with van der Waals surface area (Å²) in [5.74, 6) is 0.813. The van der Waals surface area contributed by atoms with Crippen molar-refractivity contribution in [1.82, 2.24) is 29.2 Å². The van der Waals surface area contributed by atoms with Crippen LogP contribution >= 0.6 is 0 Å². The zero-order valence-corrected chi connectivity index (χ0v) is 24.0. The fourth-order valence-corrected chi connectivity index (χ4v) is 5.57. The predicted molar refractivity (Wildman–Crippen MR) is 153 cm³/mol. The van der Waals surface area contributed by atoms with Crippen molar-refractivity contribution in [2.45, 2.75) is 84.1 Å². The van der Waals surface area contributed by atoms with Gasteiger partial charge in [-0.15, -0.1) is 0 Å². The molecule has 9 heteroatoms. The number of carbonyl (C=O) groups is 1. The van der Waals surface area contributed by atoms with Crippen LogP contribution in [0.5, 0.6) is 5.75 Å². The van der Waals surface area contributed by atoms with Crippen molar-refractivity contribution >= 4 is 17.1 Å². The van der Waals surface area contributed by atoms with Gasteiger partial charge in [0.2, 0.25) is 0 Å². The molecular weight excluding hydrogens is 504 g/mol. The molecule has 4 heterocycles. The van der Waals surface area contributed by atoms with E-state index in [1.807, 2.05) is 58.4 Å². The Labute approximate surface area is 235 Å². The molecule has 1 amide bonds.